The van der Waals surface area contributed by atoms with Crippen LogP contribution in [0.15, 0.2) is 0 Å². The average Bonchev–Trinajstić information content (AvgIpc) is 1.91. The van der Waals surface area contributed by atoms with Crippen LogP contribution in [0.4, 0.5) is 0 Å². The predicted octanol–water partition coefficient (Wildman–Crippen LogP) is 1.21. The van der Waals surface area contributed by atoms with Gasteiger partial charge in [-0.1, -0.05) is 13.3 Å². The monoisotopic (exact) mass is 180 g/mol. The van der Waals surface area contributed by atoms with E-state index in [1.54, 1.807) is 14.2 Å². The minimum atomic E-state index is -1.07. The van der Waals surface area contributed by atoms with Gasteiger partial charge in [-0.2, -0.15) is 12.1 Å². The molecule has 0 aliphatic heterocycles. The van der Waals surface area contributed by atoms with Crippen molar-refractivity contribution in [2.24, 2.45) is 0 Å². The molecule has 0 bridgehead atoms. The van der Waals surface area contributed by atoms with E-state index >= 15 is 0 Å². The molecule has 0 aromatic carbocycles. The summed E-state index contributed by atoms with van der Waals surface area (Å²) in [5.41, 5.74) is 0. The van der Waals surface area contributed by atoms with Crippen LogP contribution in [-0.2, 0) is 9.47 Å². The first-order chi connectivity index (χ1) is 4.76. The van der Waals surface area contributed by atoms with Crippen molar-refractivity contribution in [3.63, 3.8) is 0 Å². The Kier molecular flexibility index (Phi) is 6.52. The molecule has 0 fully saturated rings. The lowest BCUT2D eigenvalue weighted by Gasteiger charge is -2.17. The molecular weight excluding hydrogens is 164 g/mol. The summed E-state index contributed by atoms with van der Waals surface area (Å²) in [4.78, 5) is 0. The summed E-state index contributed by atoms with van der Waals surface area (Å²) in [6.45, 7) is 2.15. The Bertz CT molecular complexity index is 78.1. The van der Waals surface area contributed by atoms with E-state index in [9.17, 15) is 0 Å². The quantitative estimate of drug-likeness (QED) is 0.389. The van der Waals surface area contributed by atoms with Crippen LogP contribution in [0.25, 0.3) is 0 Å². The second-order valence-corrected chi connectivity index (χ2v) is 6.44. The largest absolute Gasteiger partial charge is 0.359 e. The van der Waals surface area contributed by atoms with Crippen LogP contribution in [0, 0.1) is 0 Å². The van der Waals surface area contributed by atoms with Crippen molar-refractivity contribution in [1.82, 2.24) is 0 Å². The van der Waals surface area contributed by atoms with Crippen LogP contribution >= 0.6 is 12.1 Å². The molecule has 0 saturated heterocycles. The summed E-state index contributed by atoms with van der Waals surface area (Å²) in [5, 5.41) is 0. The van der Waals surface area contributed by atoms with E-state index in [4.69, 9.17) is 9.47 Å². The molecule has 0 N–H and O–H groups in total. The molecule has 0 aliphatic rings. The minimum absolute atomic E-state index is 0.0247. The Morgan fingerprint density at radius 1 is 1.40 bits per heavy atom. The third kappa shape index (κ3) is 3.61. The zero-order valence-corrected chi connectivity index (χ0v) is 8.88. The predicted molar refractivity (Wildman–Crippen MR) is 49.0 cm³/mol. The first-order valence-electron chi connectivity index (χ1n) is 3.49. The fraction of sp³-hybridized carbons (Fsp3) is 1.00. The fourth-order valence-electron chi connectivity index (χ4n) is 0.842. The van der Waals surface area contributed by atoms with Crippen molar-refractivity contribution in [1.29, 1.82) is 0 Å². The lowest BCUT2D eigenvalue weighted by Crippen LogP contribution is -2.29. The number of thiol groups is 1. The SMILES string of the molecule is CCC[SiH](S)C(OC)OC. The fourth-order valence-corrected chi connectivity index (χ4v) is 3.84. The molecule has 1 atom stereocenters. The van der Waals surface area contributed by atoms with E-state index in [1.165, 1.54) is 6.42 Å². The van der Waals surface area contributed by atoms with Crippen LogP contribution < -0.4 is 0 Å². The van der Waals surface area contributed by atoms with Crippen molar-refractivity contribution in [2.45, 2.75) is 25.3 Å². The van der Waals surface area contributed by atoms with Gasteiger partial charge in [0.2, 0.25) is 0 Å². The van der Waals surface area contributed by atoms with Gasteiger partial charge in [0.15, 0.2) is 7.95 Å². The van der Waals surface area contributed by atoms with Crippen molar-refractivity contribution < 1.29 is 9.47 Å². The lowest BCUT2D eigenvalue weighted by atomic mass is 10.6. The van der Waals surface area contributed by atoms with Gasteiger partial charge in [-0.15, -0.1) is 0 Å². The molecular formula is C6H16O2SSi. The van der Waals surface area contributed by atoms with Gasteiger partial charge in [0, 0.05) is 14.2 Å². The highest BCUT2D eigenvalue weighted by atomic mass is 32.3. The summed E-state index contributed by atoms with van der Waals surface area (Å²) in [5.74, 6) is -0.0247. The Morgan fingerprint density at radius 2 is 1.90 bits per heavy atom. The van der Waals surface area contributed by atoms with Gasteiger partial charge in [-0.05, 0) is 6.04 Å². The second kappa shape index (κ2) is 6.21. The molecule has 0 rings (SSSR count). The van der Waals surface area contributed by atoms with Gasteiger partial charge in [0.25, 0.3) is 0 Å². The molecule has 0 radical (unpaired) electrons. The lowest BCUT2D eigenvalue weighted by molar-refractivity contribution is -0.0450. The Labute approximate surface area is 69.6 Å². The van der Waals surface area contributed by atoms with E-state index in [0.717, 1.165) is 6.04 Å². The first-order valence-corrected chi connectivity index (χ1v) is 7.04. The second-order valence-electron chi connectivity index (χ2n) is 2.20. The molecule has 0 amide bonds. The van der Waals surface area contributed by atoms with Crippen molar-refractivity contribution in [2.75, 3.05) is 14.2 Å². The molecule has 62 valence electrons. The summed E-state index contributed by atoms with van der Waals surface area (Å²) in [6, 6.07) is 1.16. The van der Waals surface area contributed by atoms with Crippen LogP contribution in [0.2, 0.25) is 6.04 Å². The maximum Gasteiger partial charge on any atom is 0.162 e. The third-order valence-corrected chi connectivity index (χ3v) is 5.21. The molecule has 10 heavy (non-hydrogen) atoms. The highest BCUT2D eigenvalue weighted by Gasteiger charge is 2.16. The van der Waals surface area contributed by atoms with Crippen LogP contribution in [0.3, 0.4) is 0 Å². The van der Waals surface area contributed by atoms with Crippen LogP contribution in [0.5, 0.6) is 0 Å². The van der Waals surface area contributed by atoms with Gasteiger partial charge in [-0.25, -0.2) is 0 Å². The molecule has 0 saturated carbocycles. The molecule has 0 aliphatic carbocycles. The smallest absolute Gasteiger partial charge is 0.162 e. The Hall–Kier alpha value is 0.487. The molecule has 0 aromatic heterocycles. The highest BCUT2D eigenvalue weighted by Crippen LogP contribution is 2.08. The topological polar surface area (TPSA) is 18.5 Å². The maximum absolute atomic E-state index is 5.08. The first kappa shape index (κ1) is 10.5. The summed E-state index contributed by atoms with van der Waals surface area (Å²) in [7, 11) is 2.27. The normalized spacial score (nSPS) is 14.1. The number of rotatable bonds is 5. The van der Waals surface area contributed by atoms with Gasteiger partial charge in [0.1, 0.15) is 5.91 Å². The molecule has 0 heterocycles. The van der Waals surface area contributed by atoms with Crippen molar-refractivity contribution in [3.8, 4) is 0 Å². The van der Waals surface area contributed by atoms with Gasteiger partial charge < -0.3 is 9.47 Å². The van der Waals surface area contributed by atoms with E-state index in [0.29, 0.717) is 0 Å². The molecule has 4 heteroatoms. The van der Waals surface area contributed by atoms with Gasteiger partial charge >= 0.3 is 0 Å². The number of methoxy groups -OCH3 is 2. The standard InChI is InChI=1S/C6H16O2SSi/c1-4-5-10(9)6(7-2)8-3/h6,9-10H,4-5H2,1-3H3. The van der Waals surface area contributed by atoms with E-state index in [2.05, 4.69) is 19.0 Å². The number of ether oxygens (including phenoxy) is 2. The van der Waals surface area contributed by atoms with Crippen molar-refractivity contribution >= 4 is 20.0 Å². The van der Waals surface area contributed by atoms with E-state index in [1.807, 2.05) is 0 Å². The number of hydrogen-bond acceptors (Lipinski definition) is 3. The van der Waals surface area contributed by atoms with Gasteiger partial charge in [0.05, 0.1) is 0 Å². The van der Waals surface area contributed by atoms with E-state index in [-0.39, 0.29) is 5.91 Å². The third-order valence-electron chi connectivity index (χ3n) is 1.36. The van der Waals surface area contributed by atoms with E-state index < -0.39 is 7.95 Å². The Morgan fingerprint density at radius 3 is 2.20 bits per heavy atom. The van der Waals surface area contributed by atoms with Gasteiger partial charge in [-0.3, -0.25) is 0 Å². The average molecular weight is 180 g/mol. The van der Waals surface area contributed by atoms with Crippen molar-refractivity contribution in [3.05, 3.63) is 0 Å². The minimum Gasteiger partial charge on any atom is -0.359 e. The molecule has 0 aromatic rings. The maximum atomic E-state index is 5.08. The zero-order valence-electron chi connectivity index (χ0n) is 6.83. The Balaban J connectivity index is 3.53. The van der Waals surface area contributed by atoms with Crippen LogP contribution in [-0.4, -0.2) is 28.1 Å². The summed E-state index contributed by atoms with van der Waals surface area (Å²) < 4.78 is 10.2. The highest BCUT2D eigenvalue weighted by molar-refractivity contribution is 8.10. The molecule has 0 spiro atoms. The molecule has 1 unspecified atom stereocenters. The summed E-state index contributed by atoms with van der Waals surface area (Å²) >= 11 is 4.45. The van der Waals surface area contributed by atoms with Crippen LogP contribution in [0.1, 0.15) is 13.3 Å². The molecule has 2 nitrogen and oxygen atoms in total. The zero-order chi connectivity index (χ0) is 7.98. The summed E-state index contributed by atoms with van der Waals surface area (Å²) in [6.07, 6.45) is 1.17. The number of hydrogen-bond donors (Lipinski definition) is 1.